The molecule has 0 amide bonds. The van der Waals surface area contributed by atoms with Crippen LogP contribution in [0.25, 0.3) is 0 Å². The van der Waals surface area contributed by atoms with Gasteiger partial charge in [-0.2, -0.15) is 0 Å². The number of piperazine rings is 1. The number of likely N-dealkylation sites (N-methyl/N-ethyl adjacent to an activating group) is 1. The van der Waals surface area contributed by atoms with Crippen molar-refractivity contribution in [2.24, 2.45) is 5.73 Å². The van der Waals surface area contributed by atoms with Gasteiger partial charge in [0.05, 0.1) is 0 Å². The van der Waals surface area contributed by atoms with Crippen LogP contribution >= 0.6 is 0 Å². The van der Waals surface area contributed by atoms with E-state index in [0.717, 1.165) is 38.2 Å². The minimum absolute atomic E-state index is 0.163. The fraction of sp³-hybridized carbons (Fsp3) is 0.571. The normalized spacial score (nSPS) is 19.9. The van der Waals surface area contributed by atoms with Crippen molar-refractivity contribution < 1.29 is 4.39 Å². The second-order valence-electron chi connectivity index (χ2n) is 4.99. The van der Waals surface area contributed by atoms with Gasteiger partial charge in [0, 0.05) is 32.2 Å². The Morgan fingerprint density at radius 1 is 1.28 bits per heavy atom. The van der Waals surface area contributed by atoms with Crippen molar-refractivity contribution in [2.45, 2.75) is 12.5 Å². The molecule has 1 heterocycles. The Balaban J connectivity index is 2.12. The molecule has 0 spiro atoms. The lowest BCUT2D eigenvalue weighted by molar-refractivity contribution is 0.107. The Labute approximate surface area is 108 Å². The Hall–Kier alpha value is -0.970. The SMILES string of the molecule is CN1CCN(C(CCN)c2cccc(F)c2)CC1. The van der Waals surface area contributed by atoms with Crippen LogP contribution < -0.4 is 5.73 Å². The first-order valence-corrected chi connectivity index (χ1v) is 6.59. The zero-order valence-electron chi connectivity index (χ0n) is 11.0. The zero-order chi connectivity index (χ0) is 13.0. The molecule has 18 heavy (non-hydrogen) atoms. The molecule has 1 aromatic rings. The maximum Gasteiger partial charge on any atom is 0.123 e. The molecule has 100 valence electrons. The lowest BCUT2D eigenvalue weighted by atomic mass is 10.0. The van der Waals surface area contributed by atoms with E-state index in [1.807, 2.05) is 6.07 Å². The van der Waals surface area contributed by atoms with E-state index in [9.17, 15) is 4.39 Å². The summed E-state index contributed by atoms with van der Waals surface area (Å²) in [6, 6.07) is 7.16. The zero-order valence-corrected chi connectivity index (χ0v) is 11.0. The molecule has 1 saturated heterocycles. The molecule has 0 aliphatic carbocycles. The molecule has 4 heteroatoms. The van der Waals surface area contributed by atoms with E-state index in [1.165, 1.54) is 6.07 Å². The van der Waals surface area contributed by atoms with E-state index in [1.54, 1.807) is 12.1 Å². The third-order valence-corrected chi connectivity index (χ3v) is 3.65. The molecule has 1 fully saturated rings. The van der Waals surface area contributed by atoms with Crippen LogP contribution in [0, 0.1) is 5.82 Å². The lowest BCUT2D eigenvalue weighted by Crippen LogP contribution is -2.46. The molecule has 1 atom stereocenters. The Bertz CT molecular complexity index is 375. The minimum atomic E-state index is -0.163. The molecule has 0 bridgehead atoms. The molecular formula is C14H22FN3. The molecule has 2 N–H and O–H groups in total. The van der Waals surface area contributed by atoms with E-state index in [-0.39, 0.29) is 11.9 Å². The van der Waals surface area contributed by atoms with Crippen LogP contribution in [0.3, 0.4) is 0 Å². The second kappa shape index (κ2) is 6.27. The predicted octanol–water partition coefficient (Wildman–Crippen LogP) is 1.46. The van der Waals surface area contributed by atoms with Gasteiger partial charge < -0.3 is 10.6 Å². The van der Waals surface area contributed by atoms with E-state index >= 15 is 0 Å². The van der Waals surface area contributed by atoms with Gasteiger partial charge >= 0.3 is 0 Å². The van der Waals surface area contributed by atoms with Crippen molar-refractivity contribution in [3.05, 3.63) is 35.6 Å². The molecule has 1 unspecified atom stereocenters. The number of nitrogens with zero attached hydrogens (tertiary/aromatic N) is 2. The third-order valence-electron chi connectivity index (χ3n) is 3.65. The van der Waals surface area contributed by atoms with Gasteiger partial charge in [0.25, 0.3) is 0 Å². The molecule has 0 radical (unpaired) electrons. The highest BCUT2D eigenvalue weighted by Gasteiger charge is 2.23. The first kappa shape index (κ1) is 13.5. The summed E-state index contributed by atoms with van der Waals surface area (Å²) >= 11 is 0. The summed E-state index contributed by atoms with van der Waals surface area (Å²) in [6.45, 7) is 4.82. The molecule has 1 aliphatic heterocycles. The summed E-state index contributed by atoms with van der Waals surface area (Å²) in [4.78, 5) is 4.74. The van der Waals surface area contributed by atoms with Gasteiger partial charge in [0.2, 0.25) is 0 Å². The fourth-order valence-electron chi connectivity index (χ4n) is 2.57. The van der Waals surface area contributed by atoms with Crippen LogP contribution in [0.5, 0.6) is 0 Å². The molecule has 1 aliphatic rings. The number of hydrogen-bond donors (Lipinski definition) is 1. The minimum Gasteiger partial charge on any atom is -0.330 e. The van der Waals surface area contributed by atoms with Gasteiger partial charge in [0.15, 0.2) is 0 Å². The van der Waals surface area contributed by atoms with E-state index < -0.39 is 0 Å². The second-order valence-corrected chi connectivity index (χ2v) is 4.99. The average molecular weight is 251 g/mol. The fourth-order valence-corrected chi connectivity index (χ4v) is 2.57. The summed E-state index contributed by atoms with van der Waals surface area (Å²) in [5.74, 6) is -0.163. The van der Waals surface area contributed by atoms with E-state index in [4.69, 9.17) is 5.73 Å². The number of halogens is 1. The Morgan fingerprint density at radius 3 is 2.61 bits per heavy atom. The molecule has 0 aromatic heterocycles. The summed E-state index contributed by atoms with van der Waals surface area (Å²) in [6.07, 6.45) is 0.882. The first-order valence-electron chi connectivity index (χ1n) is 6.59. The quantitative estimate of drug-likeness (QED) is 0.879. The van der Waals surface area contributed by atoms with Crippen LogP contribution in [0.15, 0.2) is 24.3 Å². The maximum atomic E-state index is 13.3. The number of benzene rings is 1. The number of nitrogens with two attached hydrogens (primary N) is 1. The molecular weight excluding hydrogens is 229 g/mol. The smallest absolute Gasteiger partial charge is 0.123 e. The Kier molecular flexibility index (Phi) is 4.69. The van der Waals surface area contributed by atoms with Crippen LogP contribution in [0.1, 0.15) is 18.0 Å². The lowest BCUT2D eigenvalue weighted by Gasteiger charge is -2.38. The largest absolute Gasteiger partial charge is 0.330 e. The van der Waals surface area contributed by atoms with Crippen molar-refractivity contribution in [3.63, 3.8) is 0 Å². The summed E-state index contributed by atoms with van der Waals surface area (Å²) in [5.41, 5.74) is 6.75. The van der Waals surface area contributed by atoms with Crippen molar-refractivity contribution in [3.8, 4) is 0 Å². The highest BCUT2D eigenvalue weighted by molar-refractivity contribution is 5.20. The maximum absolute atomic E-state index is 13.3. The van der Waals surface area contributed by atoms with Crippen molar-refractivity contribution in [1.82, 2.24) is 9.80 Å². The molecule has 2 rings (SSSR count). The van der Waals surface area contributed by atoms with Gasteiger partial charge in [-0.15, -0.1) is 0 Å². The van der Waals surface area contributed by atoms with E-state index in [0.29, 0.717) is 6.54 Å². The van der Waals surface area contributed by atoms with E-state index in [2.05, 4.69) is 16.8 Å². The Morgan fingerprint density at radius 2 is 2.00 bits per heavy atom. The van der Waals surface area contributed by atoms with Gasteiger partial charge in [-0.05, 0) is 37.7 Å². The number of hydrogen-bond acceptors (Lipinski definition) is 3. The topological polar surface area (TPSA) is 32.5 Å². The first-order chi connectivity index (χ1) is 8.70. The summed E-state index contributed by atoms with van der Waals surface area (Å²) in [7, 11) is 2.14. The van der Waals surface area contributed by atoms with Crippen LogP contribution in [-0.4, -0.2) is 49.6 Å². The van der Waals surface area contributed by atoms with Crippen molar-refractivity contribution in [2.75, 3.05) is 39.8 Å². The summed E-state index contributed by atoms with van der Waals surface area (Å²) < 4.78 is 13.3. The van der Waals surface area contributed by atoms with Crippen LogP contribution in [0.2, 0.25) is 0 Å². The number of rotatable bonds is 4. The highest BCUT2D eigenvalue weighted by Crippen LogP contribution is 2.25. The van der Waals surface area contributed by atoms with Crippen LogP contribution in [-0.2, 0) is 0 Å². The van der Waals surface area contributed by atoms with Gasteiger partial charge in [-0.1, -0.05) is 12.1 Å². The van der Waals surface area contributed by atoms with Crippen molar-refractivity contribution >= 4 is 0 Å². The van der Waals surface area contributed by atoms with Gasteiger partial charge in [0.1, 0.15) is 5.82 Å². The third kappa shape index (κ3) is 3.28. The monoisotopic (exact) mass is 251 g/mol. The molecule has 3 nitrogen and oxygen atoms in total. The molecule has 0 saturated carbocycles. The average Bonchev–Trinajstić information content (AvgIpc) is 2.37. The van der Waals surface area contributed by atoms with Gasteiger partial charge in [-0.25, -0.2) is 4.39 Å². The summed E-state index contributed by atoms with van der Waals surface area (Å²) in [5, 5.41) is 0. The van der Waals surface area contributed by atoms with Gasteiger partial charge in [-0.3, -0.25) is 4.90 Å². The standard InChI is InChI=1S/C14H22FN3/c1-17-7-9-18(10-8-17)14(5-6-16)12-3-2-4-13(15)11-12/h2-4,11,14H,5-10,16H2,1H3. The highest BCUT2D eigenvalue weighted by atomic mass is 19.1. The van der Waals surface area contributed by atoms with Crippen LogP contribution in [0.4, 0.5) is 4.39 Å². The molecule has 1 aromatic carbocycles. The van der Waals surface area contributed by atoms with Crippen molar-refractivity contribution in [1.29, 1.82) is 0 Å². The predicted molar refractivity (Wildman–Crippen MR) is 71.9 cm³/mol.